The zero-order valence-electron chi connectivity index (χ0n) is 22.9. The van der Waals surface area contributed by atoms with Crippen LogP contribution in [0, 0.1) is 0 Å². The second-order valence-electron chi connectivity index (χ2n) is 11.6. The number of H-pyrrole nitrogens is 2. The summed E-state index contributed by atoms with van der Waals surface area (Å²) in [6.07, 6.45) is 12.0. The molecule has 7 heteroatoms. The van der Waals surface area contributed by atoms with Gasteiger partial charge in [0.15, 0.2) is 5.82 Å². The molecular weight excluding hydrogens is 472 g/mol. The minimum absolute atomic E-state index is 0.266. The highest BCUT2D eigenvalue weighted by Gasteiger charge is 2.28. The molecule has 0 spiro atoms. The number of rotatable bonds is 6. The highest BCUT2D eigenvalue weighted by molar-refractivity contribution is 5.96. The molecule has 2 aliphatic carbocycles. The summed E-state index contributed by atoms with van der Waals surface area (Å²) in [5.74, 6) is 2.05. The molecule has 2 fully saturated rings. The van der Waals surface area contributed by atoms with Crippen LogP contribution in [0.4, 0.5) is 0 Å². The summed E-state index contributed by atoms with van der Waals surface area (Å²) in [4.78, 5) is 23.0. The largest absolute Gasteiger partial charge is 0.354 e. The van der Waals surface area contributed by atoms with Gasteiger partial charge in [-0.3, -0.25) is 9.89 Å². The van der Waals surface area contributed by atoms with Crippen LogP contribution in [-0.4, -0.2) is 56.6 Å². The van der Waals surface area contributed by atoms with Crippen LogP contribution in [0.2, 0.25) is 0 Å². The maximum atomic E-state index is 12.8. The first-order valence-electron chi connectivity index (χ1n) is 14.4. The molecule has 1 saturated heterocycles. The lowest BCUT2D eigenvalue weighted by molar-refractivity contribution is -0.131. The van der Waals surface area contributed by atoms with Crippen LogP contribution in [0.15, 0.2) is 36.2 Å². The van der Waals surface area contributed by atoms with Gasteiger partial charge in [-0.1, -0.05) is 31.9 Å². The quantitative estimate of drug-likeness (QED) is 0.383. The second-order valence-corrected chi connectivity index (χ2v) is 11.6. The monoisotopic (exact) mass is 512 g/mol. The Hall–Kier alpha value is -3.19. The molecule has 1 aliphatic heterocycles. The fourth-order valence-electron chi connectivity index (χ4n) is 6.77. The van der Waals surface area contributed by atoms with E-state index < -0.39 is 0 Å². The Kier molecular flexibility index (Phi) is 6.95. The molecule has 0 bridgehead atoms. The third-order valence-corrected chi connectivity index (χ3v) is 9.25. The molecule has 38 heavy (non-hydrogen) atoms. The molecule has 2 aromatic heterocycles. The van der Waals surface area contributed by atoms with Gasteiger partial charge in [-0.15, -0.1) is 0 Å². The average molecular weight is 513 g/mol. The summed E-state index contributed by atoms with van der Waals surface area (Å²) in [7, 11) is 0. The zero-order chi connectivity index (χ0) is 26.2. The molecule has 0 radical (unpaired) electrons. The predicted octanol–water partition coefficient (Wildman–Crippen LogP) is 5.91. The molecular formula is C31H40N6O. The molecule has 3 heterocycles. The Morgan fingerprint density at radius 3 is 2.63 bits per heavy atom. The number of aromatic nitrogens is 4. The van der Waals surface area contributed by atoms with Crippen molar-refractivity contribution in [2.24, 2.45) is 0 Å². The molecule has 7 nitrogen and oxygen atoms in total. The van der Waals surface area contributed by atoms with Gasteiger partial charge in [0.25, 0.3) is 0 Å². The maximum Gasteiger partial charge on any atom is 0.236 e. The van der Waals surface area contributed by atoms with Gasteiger partial charge in [-0.05, 0) is 97.8 Å². The molecule has 3 N–H and O–H groups in total. The second kappa shape index (κ2) is 10.5. The predicted molar refractivity (Wildman–Crippen MR) is 153 cm³/mol. The smallest absolute Gasteiger partial charge is 0.236 e. The molecule has 1 atom stereocenters. The molecule has 1 unspecified atom stereocenters. The number of fused-ring (bicyclic) bond motifs is 3. The van der Waals surface area contributed by atoms with Crippen molar-refractivity contribution >= 4 is 28.0 Å². The Morgan fingerprint density at radius 2 is 1.89 bits per heavy atom. The van der Waals surface area contributed by atoms with Crippen molar-refractivity contribution in [3.05, 3.63) is 58.8 Å². The minimum atomic E-state index is 0.266. The van der Waals surface area contributed by atoms with Crippen molar-refractivity contribution in [1.82, 2.24) is 30.4 Å². The molecule has 3 aromatic rings. The normalized spacial score (nSPS) is 21.5. The topological polar surface area (TPSA) is 89.7 Å². The van der Waals surface area contributed by atoms with E-state index in [-0.39, 0.29) is 5.91 Å². The van der Waals surface area contributed by atoms with Gasteiger partial charge in [0.05, 0.1) is 6.54 Å². The Labute approximate surface area is 225 Å². The van der Waals surface area contributed by atoms with Crippen LogP contribution in [-0.2, 0) is 4.79 Å². The number of hydrogen-bond donors (Lipinski definition) is 3. The van der Waals surface area contributed by atoms with Gasteiger partial charge in [0.1, 0.15) is 6.33 Å². The van der Waals surface area contributed by atoms with E-state index in [1.807, 2.05) is 0 Å². The molecule has 1 amide bonds. The Morgan fingerprint density at radius 1 is 1.11 bits per heavy atom. The van der Waals surface area contributed by atoms with Gasteiger partial charge >= 0.3 is 0 Å². The number of benzene rings is 1. The zero-order valence-corrected chi connectivity index (χ0v) is 22.9. The van der Waals surface area contributed by atoms with Gasteiger partial charge in [0.2, 0.25) is 5.91 Å². The number of piperidine rings is 1. The van der Waals surface area contributed by atoms with E-state index in [4.69, 9.17) is 0 Å². The number of carbonyl (C=O) groups excluding carboxylic acids is 1. The number of likely N-dealkylation sites (tertiary alicyclic amines) is 1. The van der Waals surface area contributed by atoms with Crippen molar-refractivity contribution in [1.29, 1.82) is 0 Å². The number of nitrogens with one attached hydrogen (secondary N) is 3. The summed E-state index contributed by atoms with van der Waals surface area (Å²) in [6, 6.07) is 7.53. The van der Waals surface area contributed by atoms with E-state index in [1.54, 1.807) is 6.33 Å². The standard InChI is InChI=1S/C31H40N6O/c1-19-8-10-25(20(2)21(3)31-33-18-34-36-31)30-29(19)26-16-23(9-11-27(26)35-30)22-12-14-37(15-13-22)28(38)17-32-24-6-4-5-7-24/h9-11,16,18-19,22,24,32,35H,4-8,12-15,17H2,1-3H3,(H,33,34,36)/b21-20-. The summed E-state index contributed by atoms with van der Waals surface area (Å²) < 4.78 is 0. The first kappa shape index (κ1) is 25.1. The maximum absolute atomic E-state index is 12.8. The van der Waals surface area contributed by atoms with Crippen molar-refractivity contribution in [2.75, 3.05) is 19.6 Å². The fourth-order valence-corrected chi connectivity index (χ4v) is 6.77. The molecule has 1 aromatic carbocycles. The number of carbonyl (C=O) groups is 1. The van der Waals surface area contributed by atoms with Crippen LogP contribution in [0.5, 0.6) is 0 Å². The van der Waals surface area contributed by atoms with E-state index >= 15 is 0 Å². The molecule has 3 aliphatic rings. The lowest BCUT2D eigenvalue weighted by atomic mass is 9.82. The molecule has 200 valence electrons. The van der Waals surface area contributed by atoms with Crippen LogP contribution in [0.25, 0.3) is 22.0 Å². The van der Waals surface area contributed by atoms with Gasteiger partial charge < -0.3 is 15.2 Å². The number of nitrogens with zero attached hydrogens (tertiary/aromatic N) is 3. The van der Waals surface area contributed by atoms with Gasteiger partial charge in [-0.2, -0.15) is 5.10 Å². The number of aromatic amines is 2. The van der Waals surface area contributed by atoms with Gasteiger partial charge in [-0.25, -0.2) is 4.98 Å². The van der Waals surface area contributed by atoms with E-state index in [9.17, 15) is 4.79 Å². The van der Waals surface area contributed by atoms with Crippen molar-refractivity contribution in [2.45, 2.75) is 83.6 Å². The summed E-state index contributed by atoms with van der Waals surface area (Å²) >= 11 is 0. The highest BCUT2D eigenvalue weighted by atomic mass is 16.2. The van der Waals surface area contributed by atoms with Crippen molar-refractivity contribution < 1.29 is 4.79 Å². The summed E-state index contributed by atoms with van der Waals surface area (Å²) in [5.41, 5.74) is 8.88. The number of hydrogen-bond acceptors (Lipinski definition) is 4. The average Bonchev–Trinajstić information content (AvgIpc) is 3.72. The SMILES string of the molecule is C/C(C1=CCC(C)c2c1[nH]c1ccc(C3CCN(C(=O)CNC4CCCC4)CC3)cc21)=C(\C)c1ncn[nH]1. The lowest BCUT2D eigenvalue weighted by Gasteiger charge is -2.32. The van der Waals surface area contributed by atoms with Crippen molar-refractivity contribution in [3.8, 4) is 0 Å². The Balaban J connectivity index is 1.19. The minimum Gasteiger partial charge on any atom is -0.354 e. The lowest BCUT2D eigenvalue weighted by Crippen LogP contribution is -2.44. The van der Waals surface area contributed by atoms with E-state index in [1.165, 1.54) is 64.6 Å². The van der Waals surface area contributed by atoms with E-state index in [2.05, 4.69) is 75.4 Å². The molecule has 1 saturated carbocycles. The van der Waals surface area contributed by atoms with Gasteiger partial charge in [0, 0.05) is 35.7 Å². The fraction of sp³-hybridized carbons (Fsp3) is 0.516. The first-order valence-corrected chi connectivity index (χ1v) is 14.4. The Bertz CT molecular complexity index is 1370. The van der Waals surface area contributed by atoms with Crippen LogP contribution >= 0.6 is 0 Å². The third kappa shape index (κ3) is 4.73. The van der Waals surface area contributed by atoms with Crippen LogP contribution in [0.3, 0.4) is 0 Å². The first-order chi connectivity index (χ1) is 18.5. The van der Waals surface area contributed by atoms with Crippen molar-refractivity contribution in [3.63, 3.8) is 0 Å². The number of amides is 1. The highest BCUT2D eigenvalue weighted by Crippen LogP contribution is 2.43. The summed E-state index contributed by atoms with van der Waals surface area (Å²) in [5, 5.41) is 11.9. The van der Waals surface area contributed by atoms with Crippen LogP contribution < -0.4 is 5.32 Å². The summed E-state index contributed by atoms with van der Waals surface area (Å²) in [6.45, 7) is 8.82. The van der Waals surface area contributed by atoms with E-state index in [0.717, 1.165) is 43.7 Å². The number of allylic oxidation sites excluding steroid dienone is 4. The van der Waals surface area contributed by atoms with Crippen LogP contribution in [0.1, 0.15) is 100 Å². The molecule has 6 rings (SSSR count). The van der Waals surface area contributed by atoms with E-state index in [0.29, 0.717) is 24.4 Å². The third-order valence-electron chi connectivity index (χ3n) is 9.25.